The molecule has 1 aliphatic heterocycles. The minimum atomic E-state index is -0.634. The van der Waals surface area contributed by atoms with Gasteiger partial charge >= 0.3 is 0 Å². The number of benzene rings is 1. The van der Waals surface area contributed by atoms with Crippen LogP contribution in [0.5, 0.6) is 0 Å². The van der Waals surface area contributed by atoms with Crippen LogP contribution in [-0.2, 0) is 11.3 Å². The summed E-state index contributed by atoms with van der Waals surface area (Å²) in [6.07, 6.45) is 13.8. The van der Waals surface area contributed by atoms with Crippen molar-refractivity contribution in [2.24, 2.45) is 15.9 Å². The van der Waals surface area contributed by atoms with Gasteiger partial charge in [-0.05, 0) is 55.2 Å². The zero-order chi connectivity index (χ0) is 23.1. The maximum absolute atomic E-state index is 13.7. The Hall–Kier alpha value is -3.08. The van der Waals surface area contributed by atoms with E-state index in [1.165, 1.54) is 17.1 Å². The van der Waals surface area contributed by atoms with E-state index in [0.29, 0.717) is 23.0 Å². The number of aromatic nitrogens is 2. The highest BCUT2D eigenvalue weighted by Crippen LogP contribution is 2.76. The second-order valence-corrected chi connectivity index (χ2v) is 9.98. The van der Waals surface area contributed by atoms with Crippen molar-refractivity contribution in [1.82, 2.24) is 14.8 Å². The minimum Gasteiger partial charge on any atom is -0.272 e. The minimum absolute atomic E-state index is 0.00348. The highest BCUT2D eigenvalue weighted by Gasteiger charge is 2.71. The second kappa shape index (κ2) is 8.36. The predicted octanol–water partition coefficient (Wildman–Crippen LogP) is 5.11. The summed E-state index contributed by atoms with van der Waals surface area (Å²) in [7, 11) is 0. The number of aryl methyl sites for hydroxylation is 1. The van der Waals surface area contributed by atoms with E-state index in [4.69, 9.17) is 5.26 Å². The van der Waals surface area contributed by atoms with E-state index in [-0.39, 0.29) is 11.3 Å². The van der Waals surface area contributed by atoms with Gasteiger partial charge in [0, 0.05) is 31.4 Å². The Kier molecular flexibility index (Phi) is 5.51. The van der Waals surface area contributed by atoms with Crippen LogP contribution in [-0.4, -0.2) is 26.9 Å². The Balaban J connectivity index is 1.06. The summed E-state index contributed by atoms with van der Waals surface area (Å²) in [5.74, 6) is -1.26. The monoisotopic (exact) mass is 451 g/mol. The lowest BCUT2D eigenvalue weighted by atomic mass is 9.33. The lowest BCUT2D eigenvalue weighted by Gasteiger charge is -2.70. The van der Waals surface area contributed by atoms with Crippen molar-refractivity contribution in [2.45, 2.75) is 70.4 Å². The number of hydrogen-bond donors (Lipinski definition) is 0. The summed E-state index contributed by atoms with van der Waals surface area (Å²) in [5.41, 5.74) is 1.02. The molecule has 2 aromatic rings. The van der Waals surface area contributed by atoms with Crippen LogP contribution in [0.25, 0.3) is 0 Å². The van der Waals surface area contributed by atoms with Gasteiger partial charge in [-0.1, -0.05) is 19.3 Å². The first kappa shape index (κ1) is 21.7. The maximum Gasteiger partial charge on any atom is 0.249 e. The second-order valence-electron chi connectivity index (χ2n) is 9.98. The number of nitriles is 1. The van der Waals surface area contributed by atoms with Crippen molar-refractivity contribution in [2.75, 3.05) is 0 Å². The summed E-state index contributed by atoms with van der Waals surface area (Å²) in [6.45, 7) is 0.831. The first-order valence-electron chi connectivity index (χ1n) is 11.7. The fourth-order valence-corrected chi connectivity index (χ4v) is 6.06. The van der Waals surface area contributed by atoms with E-state index < -0.39 is 17.7 Å². The van der Waals surface area contributed by atoms with Gasteiger partial charge in [-0.3, -0.25) is 9.48 Å². The first-order valence-corrected chi connectivity index (χ1v) is 11.7. The molecule has 1 unspecified atom stereocenters. The number of unbranched alkanes of at least 4 members (excludes halogenated alkanes) is 3. The molecule has 0 saturated heterocycles. The molecular formula is C25H27F2N5O. The maximum atomic E-state index is 13.7. The number of carbonyl (C=O) groups is 1. The Morgan fingerprint density at radius 3 is 2.55 bits per heavy atom. The molecule has 172 valence electrons. The highest BCUT2D eigenvalue weighted by molar-refractivity contribution is 5.88. The van der Waals surface area contributed by atoms with Gasteiger partial charge in [0.15, 0.2) is 0 Å². The fourth-order valence-electron chi connectivity index (χ4n) is 6.06. The van der Waals surface area contributed by atoms with E-state index >= 15 is 0 Å². The number of hydrazone groups is 1. The topological polar surface area (TPSA) is 74.3 Å². The van der Waals surface area contributed by atoms with Crippen LogP contribution >= 0.6 is 0 Å². The van der Waals surface area contributed by atoms with E-state index in [1.807, 2.05) is 4.68 Å². The first-order chi connectivity index (χ1) is 15.9. The molecule has 1 atom stereocenters. The zero-order valence-electron chi connectivity index (χ0n) is 18.5. The average molecular weight is 452 g/mol. The smallest absolute Gasteiger partial charge is 0.249 e. The number of nitrogens with zero attached hydrogens (tertiary/aromatic N) is 5. The molecule has 1 aromatic heterocycles. The van der Waals surface area contributed by atoms with Crippen LogP contribution < -0.4 is 0 Å². The van der Waals surface area contributed by atoms with Gasteiger partial charge in [-0.2, -0.15) is 15.5 Å². The summed E-state index contributed by atoms with van der Waals surface area (Å²) >= 11 is 0. The summed E-state index contributed by atoms with van der Waals surface area (Å²) in [4.78, 5) is 13.3. The number of carbonyl (C=O) groups excluding carboxylic acids is 1. The van der Waals surface area contributed by atoms with Crippen LogP contribution in [0.1, 0.15) is 75.0 Å². The largest absolute Gasteiger partial charge is 0.272 e. The molecule has 6 rings (SSSR count). The van der Waals surface area contributed by atoms with Crippen LogP contribution in [0.4, 0.5) is 8.78 Å². The lowest BCUT2D eigenvalue weighted by Crippen LogP contribution is -2.67. The van der Waals surface area contributed by atoms with Crippen molar-refractivity contribution in [3.05, 3.63) is 53.4 Å². The molecule has 3 fully saturated rings. The zero-order valence-corrected chi connectivity index (χ0v) is 18.5. The van der Waals surface area contributed by atoms with Gasteiger partial charge in [0.05, 0.1) is 23.2 Å². The normalized spacial score (nSPS) is 27.2. The lowest BCUT2D eigenvalue weighted by molar-refractivity contribution is -0.220. The molecule has 0 N–H and O–H groups in total. The molecule has 33 heavy (non-hydrogen) atoms. The molecule has 0 radical (unpaired) electrons. The molecular weight excluding hydrogens is 424 g/mol. The highest BCUT2D eigenvalue weighted by atomic mass is 19.1. The van der Waals surface area contributed by atoms with Crippen molar-refractivity contribution in [3.8, 4) is 6.07 Å². The molecule has 3 saturated carbocycles. The Morgan fingerprint density at radius 1 is 1.12 bits per heavy atom. The third-order valence-electron chi connectivity index (χ3n) is 7.51. The molecule has 6 nitrogen and oxygen atoms in total. The third kappa shape index (κ3) is 4.05. The SMILES string of the molecule is N#Cc1cnn(CCCCCCC23CC(C(=O)N4N=CCC4c4cc(F)cc(F)c4)(C2)C3)c1. The standard InChI is InChI=1S/C25H27F2N5O/c26-20-9-19(10-21(27)11-20)22-5-7-29-32(22)23(33)25-15-24(16-25,17-25)6-3-1-2-4-8-31-14-18(12-28)13-30-31/h7,9-11,13-14,22H,1-6,8,15-17H2. The number of rotatable bonds is 9. The van der Waals surface area contributed by atoms with Gasteiger partial charge in [-0.25, -0.2) is 13.8 Å². The van der Waals surface area contributed by atoms with E-state index in [0.717, 1.165) is 64.0 Å². The molecule has 0 spiro atoms. The molecule has 1 aromatic carbocycles. The Morgan fingerprint density at radius 2 is 1.85 bits per heavy atom. The molecule has 8 heteroatoms. The van der Waals surface area contributed by atoms with Gasteiger partial charge in [0.1, 0.15) is 17.7 Å². The van der Waals surface area contributed by atoms with Crippen LogP contribution in [0.2, 0.25) is 0 Å². The van der Waals surface area contributed by atoms with Crippen molar-refractivity contribution in [3.63, 3.8) is 0 Å². The molecule has 2 heterocycles. The van der Waals surface area contributed by atoms with Crippen molar-refractivity contribution >= 4 is 12.1 Å². The number of amides is 1. The quantitative estimate of drug-likeness (QED) is 0.497. The van der Waals surface area contributed by atoms with Crippen LogP contribution in [0.15, 0.2) is 35.7 Å². The van der Waals surface area contributed by atoms with Crippen LogP contribution in [0, 0.1) is 33.8 Å². The van der Waals surface area contributed by atoms with Crippen LogP contribution in [0.3, 0.4) is 0 Å². The predicted molar refractivity (Wildman–Crippen MR) is 118 cm³/mol. The molecule has 1 amide bonds. The van der Waals surface area contributed by atoms with Gasteiger partial charge in [0.2, 0.25) is 5.91 Å². The Labute approximate surface area is 191 Å². The summed E-state index contributed by atoms with van der Waals surface area (Å²) < 4.78 is 29.2. The van der Waals surface area contributed by atoms with E-state index in [1.54, 1.807) is 18.6 Å². The molecule has 2 bridgehead atoms. The Bertz CT molecular complexity index is 1090. The van der Waals surface area contributed by atoms with Gasteiger partial charge in [0.25, 0.3) is 0 Å². The molecule has 4 aliphatic rings. The van der Waals surface area contributed by atoms with E-state index in [9.17, 15) is 13.6 Å². The fraction of sp³-hybridized carbons (Fsp3) is 0.520. The van der Waals surface area contributed by atoms with Crippen molar-refractivity contribution in [1.29, 1.82) is 5.26 Å². The summed E-state index contributed by atoms with van der Waals surface area (Å²) in [6, 6.07) is 5.09. The average Bonchev–Trinajstić information content (AvgIpc) is 3.39. The van der Waals surface area contributed by atoms with Gasteiger partial charge in [-0.15, -0.1) is 0 Å². The summed E-state index contributed by atoms with van der Waals surface area (Å²) in [5, 5.41) is 18.7. The number of halogens is 2. The third-order valence-corrected chi connectivity index (χ3v) is 7.51. The van der Waals surface area contributed by atoms with Crippen molar-refractivity contribution < 1.29 is 13.6 Å². The van der Waals surface area contributed by atoms with Gasteiger partial charge < -0.3 is 0 Å². The number of hydrogen-bond acceptors (Lipinski definition) is 4. The van der Waals surface area contributed by atoms with E-state index in [2.05, 4.69) is 16.3 Å². The molecule has 3 aliphatic carbocycles.